The van der Waals surface area contributed by atoms with Crippen LogP contribution < -0.4 is 10.2 Å². The van der Waals surface area contributed by atoms with Crippen molar-refractivity contribution in [2.45, 2.75) is 6.92 Å². The van der Waals surface area contributed by atoms with Crippen molar-refractivity contribution in [1.82, 2.24) is 8.75 Å². The molecule has 0 radical (unpaired) electrons. The fourth-order valence-electron chi connectivity index (χ4n) is 1.12. The van der Waals surface area contributed by atoms with E-state index in [1.165, 1.54) is 0 Å². The zero-order valence-electron chi connectivity index (χ0n) is 8.61. The molecule has 0 bridgehead atoms. The van der Waals surface area contributed by atoms with Crippen molar-refractivity contribution < 1.29 is 4.74 Å². The highest BCUT2D eigenvalue weighted by atomic mass is 35.5. The lowest BCUT2D eigenvalue weighted by Gasteiger charge is -2.05. The summed E-state index contributed by atoms with van der Waals surface area (Å²) in [6.07, 6.45) is 0. The van der Waals surface area contributed by atoms with Crippen LogP contribution >= 0.6 is 34.9 Å². The van der Waals surface area contributed by atoms with Crippen molar-refractivity contribution in [1.29, 1.82) is 0 Å². The molecular formula is C10H6Cl2N2O2S. The molecule has 88 valence electrons. The first-order valence-corrected chi connectivity index (χ1v) is 6.03. The van der Waals surface area contributed by atoms with Crippen molar-refractivity contribution in [2.24, 2.45) is 0 Å². The molecule has 1 aromatic heterocycles. The second-order valence-corrected chi connectivity index (χ2v) is 4.52. The second kappa shape index (κ2) is 5.00. The average Bonchev–Trinajstić information content (AvgIpc) is 2.30. The van der Waals surface area contributed by atoms with Crippen LogP contribution in [-0.2, 0) is 0 Å². The highest BCUT2D eigenvalue weighted by Crippen LogP contribution is 2.28. The molecule has 7 heteroatoms. The molecule has 0 aliphatic carbocycles. The Morgan fingerprint density at radius 1 is 1.29 bits per heavy atom. The third-order valence-corrected chi connectivity index (χ3v) is 3.10. The lowest BCUT2D eigenvalue weighted by atomic mass is 10.2. The van der Waals surface area contributed by atoms with Crippen molar-refractivity contribution >= 4 is 34.9 Å². The predicted octanol–water partition coefficient (Wildman–Crippen LogP) is 3.31. The maximum Gasteiger partial charge on any atom is 0.283 e. The Labute approximate surface area is 111 Å². The molecule has 0 aliphatic heterocycles. The van der Waals surface area contributed by atoms with E-state index in [1.807, 2.05) is 13.0 Å². The Hall–Kier alpha value is -1.17. The maximum atomic E-state index is 11.6. The van der Waals surface area contributed by atoms with Crippen LogP contribution in [0.1, 0.15) is 5.56 Å². The van der Waals surface area contributed by atoms with Gasteiger partial charge in [0.05, 0.1) is 16.8 Å². The van der Waals surface area contributed by atoms with Crippen molar-refractivity contribution in [2.75, 3.05) is 0 Å². The van der Waals surface area contributed by atoms with Crippen molar-refractivity contribution in [3.05, 3.63) is 44.2 Å². The summed E-state index contributed by atoms with van der Waals surface area (Å²) < 4.78 is 12.7. The zero-order valence-corrected chi connectivity index (χ0v) is 10.9. The number of halogens is 2. The van der Waals surface area contributed by atoms with E-state index < -0.39 is 5.43 Å². The van der Waals surface area contributed by atoms with E-state index >= 15 is 0 Å². The van der Waals surface area contributed by atoms with Crippen LogP contribution in [0.15, 0.2) is 23.0 Å². The monoisotopic (exact) mass is 288 g/mol. The van der Waals surface area contributed by atoms with Gasteiger partial charge in [0, 0.05) is 0 Å². The van der Waals surface area contributed by atoms with Gasteiger partial charge < -0.3 is 4.74 Å². The predicted molar refractivity (Wildman–Crippen MR) is 67.5 cm³/mol. The summed E-state index contributed by atoms with van der Waals surface area (Å²) in [6, 6.07) is 5.23. The molecular weight excluding hydrogens is 283 g/mol. The van der Waals surface area contributed by atoms with Crippen LogP contribution in [0.25, 0.3) is 0 Å². The Bertz CT molecular complexity index is 615. The SMILES string of the molecule is Cc1ccc(Cl)c(Oc2nsnc(Cl)c2=O)c1. The molecule has 0 N–H and O–H groups in total. The minimum atomic E-state index is -0.553. The minimum Gasteiger partial charge on any atom is -0.433 e. The molecule has 0 saturated heterocycles. The number of ether oxygens (including phenoxy) is 1. The summed E-state index contributed by atoms with van der Waals surface area (Å²) in [5.41, 5.74) is 0.406. The fraction of sp³-hybridized carbons (Fsp3) is 0.100. The fourth-order valence-corrected chi connectivity index (χ4v) is 1.84. The molecule has 0 saturated carbocycles. The van der Waals surface area contributed by atoms with Gasteiger partial charge in [-0.2, -0.15) is 4.37 Å². The quantitative estimate of drug-likeness (QED) is 0.851. The van der Waals surface area contributed by atoms with E-state index in [-0.39, 0.29) is 11.0 Å². The average molecular weight is 289 g/mol. The Morgan fingerprint density at radius 3 is 2.82 bits per heavy atom. The van der Waals surface area contributed by atoms with Crippen molar-refractivity contribution in [3.63, 3.8) is 0 Å². The molecule has 0 unspecified atom stereocenters. The van der Waals surface area contributed by atoms with Crippen molar-refractivity contribution in [3.8, 4) is 11.6 Å². The molecule has 4 nitrogen and oxygen atoms in total. The van der Waals surface area contributed by atoms with E-state index in [0.717, 1.165) is 17.3 Å². The number of hydrogen-bond donors (Lipinski definition) is 0. The van der Waals surface area contributed by atoms with Crippen LogP contribution in [0.4, 0.5) is 0 Å². The Kier molecular flexibility index (Phi) is 3.61. The Morgan fingerprint density at radius 2 is 2.06 bits per heavy atom. The van der Waals surface area contributed by atoms with Gasteiger partial charge in [0.1, 0.15) is 5.75 Å². The van der Waals surface area contributed by atoms with E-state index in [1.54, 1.807) is 12.1 Å². The zero-order chi connectivity index (χ0) is 12.4. The van der Waals surface area contributed by atoms with Gasteiger partial charge in [0.25, 0.3) is 11.3 Å². The van der Waals surface area contributed by atoms with Gasteiger partial charge in [-0.05, 0) is 24.6 Å². The highest BCUT2D eigenvalue weighted by molar-refractivity contribution is 6.99. The lowest BCUT2D eigenvalue weighted by Crippen LogP contribution is -2.07. The number of rotatable bonds is 2. The van der Waals surface area contributed by atoms with Crippen LogP contribution in [0.5, 0.6) is 11.6 Å². The molecule has 2 rings (SSSR count). The molecule has 0 amide bonds. The number of benzene rings is 1. The summed E-state index contributed by atoms with van der Waals surface area (Å²) >= 11 is 12.3. The smallest absolute Gasteiger partial charge is 0.283 e. The largest absolute Gasteiger partial charge is 0.433 e. The Balaban J connectivity index is 2.41. The lowest BCUT2D eigenvalue weighted by molar-refractivity contribution is 0.462. The third-order valence-electron chi connectivity index (χ3n) is 1.92. The van der Waals surface area contributed by atoms with E-state index in [0.29, 0.717) is 10.8 Å². The van der Waals surface area contributed by atoms with Gasteiger partial charge in [0.15, 0.2) is 5.15 Å². The topological polar surface area (TPSA) is 52.1 Å². The van der Waals surface area contributed by atoms with E-state index in [4.69, 9.17) is 27.9 Å². The van der Waals surface area contributed by atoms with Gasteiger partial charge in [-0.25, -0.2) is 0 Å². The highest BCUT2D eigenvalue weighted by Gasteiger charge is 2.11. The number of hydrogen-bond acceptors (Lipinski definition) is 5. The molecule has 2 aromatic rings. The van der Waals surface area contributed by atoms with E-state index in [9.17, 15) is 4.79 Å². The second-order valence-electron chi connectivity index (χ2n) is 3.23. The summed E-state index contributed by atoms with van der Waals surface area (Å²) in [7, 11) is 0. The summed E-state index contributed by atoms with van der Waals surface area (Å²) in [4.78, 5) is 11.6. The summed E-state index contributed by atoms with van der Waals surface area (Å²) in [5.74, 6) is 0.244. The van der Waals surface area contributed by atoms with Gasteiger partial charge in [-0.1, -0.05) is 29.3 Å². The molecule has 0 fully saturated rings. The number of nitrogens with zero attached hydrogens (tertiary/aromatic N) is 2. The number of aromatic nitrogens is 2. The maximum absolute atomic E-state index is 11.6. The van der Waals surface area contributed by atoms with Gasteiger partial charge in [-0.15, -0.1) is 4.37 Å². The molecule has 1 heterocycles. The first-order chi connectivity index (χ1) is 8.08. The summed E-state index contributed by atoms with van der Waals surface area (Å²) in [6.45, 7) is 1.89. The molecule has 17 heavy (non-hydrogen) atoms. The molecule has 1 aromatic carbocycles. The van der Waals surface area contributed by atoms with Gasteiger partial charge >= 0.3 is 0 Å². The third kappa shape index (κ3) is 2.74. The van der Waals surface area contributed by atoms with Gasteiger partial charge in [-0.3, -0.25) is 4.79 Å². The number of aryl methyl sites for hydroxylation is 1. The molecule has 0 aliphatic rings. The first-order valence-electron chi connectivity index (χ1n) is 4.54. The normalized spacial score (nSPS) is 10.3. The summed E-state index contributed by atoms with van der Waals surface area (Å²) in [5, 5.41) is 0.235. The van der Waals surface area contributed by atoms with Crippen LogP contribution in [0.3, 0.4) is 0 Å². The van der Waals surface area contributed by atoms with Crippen LogP contribution in [0, 0.1) is 6.92 Å². The van der Waals surface area contributed by atoms with Gasteiger partial charge in [0.2, 0.25) is 0 Å². The van der Waals surface area contributed by atoms with Crippen LogP contribution in [-0.4, -0.2) is 8.75 Å². The standard InChI is InChI=1S/C10H6Cl2N2O2S/c1-5-2-3-6(11)7(4-5)16-10-8(15)9(12)13-17-14-10/h2-4H,1H3. The molecule has 0 atom stereocenters. The first kappa shape index (κ1) is 12.3. The molecule has 0 spiro atoms. The van der Waals surface area contributed by atoms with Crippen LogP contribution in [0.2, 0.25) is 10.2 Å². The van der Waals surface area contributed by atoms with E-state index in [2.05, 4.69) is 8.75 Å². The minimum absolute atomic E-state index is 0.123.